The largest absolute Gasteiger partial charge is 0.496 e. The fraction of sp³-hybridized carbons (Fsp3) is 0.278. The van der Waals surface area contributed by atoms with Gasteiger partial charge < -0.3 is 15.3 Å². The molecule has 4 heteroatoms. The smallest absolute Gasteiger partial charge is 0.142 e. The van der Waals surface area contributed by atoms with Crippen LogP contribution in [0.2, 0.25) is 0 Å². The molecule has 22 heavy (non-hydrogen) atoms. The van der Waals surface area contributed by atoms with Crippen molar-refractivity contribution >= 4 is 11.4 Å². The van der Waals surface area contributed by atoms with Crippen molar-refractivity contribution in [2.45, 2.75) is 26.4 Å². The number of oxime groups is 1. The van der Waals surface area contributed by atoms with Gasteiger partial charge in [-0.3, -0.25) is 0 Å². The minimum absolute atomic E-state index is 0.447. The molecule has 1 aliphatic rings. The molecule has 0 amide bonds. The third kappa shape index (κ3) is 2.91. The fourth-order valence-corrected chi connectivity index (χ4v) is 2.72. The minimum Gasteiger partial charge on any atom is -0.496 e. The maximum absolute atomic E-state index is 5.67. The highest BCUT2D eigenvalue weighted by atomic mass is 16.6. The lowest BCUT2D eigenvalue weighted by atomic mass is 10.1. The molecule has 0 bridgehead atoms. The van der Waals surface area contributed by atoms with Crippen molar-refractivity contribution in [2.24, 2.45) is 5.16 Å². The molecule has 0 heterocycles. The van der Waals surface area contributed by atoms with Gasteiger partial charge in [0.1, 0.15) is 12.4 Å². The zero-order chi connectivity index (χ0) is 15.5. The molecule has 0 saturated heterocycles. The summed E-state index contributed by atoms with van der Waals surface area (Å²) in [6.07, 6.45) is 1.91. The summed E-state index contributed by atoms with van der Waals surface area (Å²) in [7, 11) is 1.69. The third-order valence-corrected chi connectivity index (χ3v) is 3.95. The summed E-state index contributed by atoms with van der Waals surface area (Å²) in [5.74, 6) is 0.895. The topological polar surface area (TPSA) is 56.8 Å². The van der Waals surface area contributed by atoms with Gasteiger partial charge >= 0.3 is 0 Å². The number of methoxy groups -OCH3 is 1. The summed E-state index contributed by atoms with van der Waals surface area (Å²) in [5.41, 5.74) is 12.1. The molecule has 0 atom stereocenters. The number of anilines is 1. The first-order valence-corrected chi connectivity index (χ1v) is 7.38. The van der Waals surface area contributed by atoms with Crippen LogP contribution in [0.25, 0.3) is 0 Å². The Hall–Kier alpha value is -2.49. The molecule has 2 aromatic carbocycles. The van der Waals surface area contributed by atoms with Crippen LogP contribution >= 0.6 is 0 Å². The highest BCUT2D eigenvalue weighted by Crippen LogP contribution is 2.30. The predicted octanol–water partition coefficient (Wildman–Crippen LogP) is 3.45. The minimum atomic E-state index is 0.447. The van der Waals surface area contributed by atoms with Crippen molar-refractivity contribution in [1.82, 2.24) is 0 Å². The van der Waals surface area contributed by atoms with Crippen LogP contribution in [-0.2, 0) is 17.9 Å². The Morgan fingerprint density at radius 1 is 1.14 bits per heavy atom. The molecule has 4 nitrogen and oxygen atoms in total. The first kappa shape index (κ1) is 14.4. The zero-order valence-electron chi connectivity index (χ0n) is 12.9. The van der Waals surface area contributed by atoms with E-state index in [1.807, 2.05) is 24.3 Å². The molecule has 0 saturated carbocycles. The molecule has 0 spiro atoms. The molecular weight excluding hydrogens is 276 g/mol. The second-order valence-electron chi connectivity index (χ2n) is 5.53. The molecule has 114 valence electrons. The lowest BCUT2D eigenvalue weighted by molar-refractivity contribution is 0.130. The average molecular weight is 296 g/mol. The second kappa shape index (κ2) is 6.10. The number of ether oxygens (including phenoxy) is 1. The summed E-state index contributed by atoms with van der Waals surface area (Å²) in [6, 6.07) is 11.9. The Kier molecular flexibility index (Phi) is 4.00. The van der Waals surface area contributed by atoms with Gasteiger partial charge in [-0.1, -0.05) is 23.4 Å². The Balaban J connectivity index is 1.73. The fourth-order valence-electron chi connectivity index (χ4n) is 2.72. The first-order valence-electron chi connectivity index (χ1n) is 7.38. The Bertz CT molecular complexity index is 706. The summed E-state index contributed by atoms with van der Waals surface area (Å²) < 4.78 is 5.40. The van der Waals surface area contributed by atoms with Gasteiger partial charge in [0.05, 0.1) is 12.8 Å². The lowest BCUT2D eigenvalue weighted by Crippen LogP contribution is -1.99. The second-order valence-corrected chi connectivity index (χ2v) is 5.53. The number of fused-ring (bicyclic) bond motifs is 1. The van der Waals surface area contributed by atoms with Crippen LogP contribution in [0.1, 0.15) is 28.7 Å². The van der Waals surface area contributed by atoms with Gasteiger partial charge in [0.15, 0.2) is 0 Å². The van der Waals surface area contributed by atoms with E-state index in [0.717, 1.165) is 46.7 Å². The summed E-state index contributed by atoms with van der Waals surface area (Å²) >= 11 is 0. The Labute approximate surface area is 130 Å². The highest BCUT2D eigenvalue weighted by molar-refractivity contribution is 6.04. The highest BCUT2D eigenvalue weighted by Gasteiger charge is 2.20. The quantitative estimate of drug-likeness (QED) is 0.694. The van der Waals surface area contributed by atoms with Crippen molar-refractivity contribution in [3.05, 3.63) is 58.7 Å². The third-order valence-electron chi connectivity index (χ3n) is 3.95. The van der Waals surface area contributed by atoms with Crippen LogP contribution in [-0.4, -0.2) is 12.8 Å². The summed E-state index contributed by atoms with van der Waals surface area (Å²) in [5, 5.41) is 4.32. The van der Waals surface area contributed by atoms with Gasteiger partial charge in [-0.25, -0.2) is 0 Å². The predicted molar refractivity (Wildman–Crippen MR) is 88.2 cm³/mol. The van der Waals surface area contributed by atoms with E-state index in [4.69, 9.17) is 15.3 Å². The van der Waals surface area contributed by atoms with Crippen LogP contribution in [0.15, 0.2) is 41.6 Å². The maximum Gasteiger partial charge on any atom is 0.142 e. The summed E-state index contributed by atoms with van der Waals surface area (Å²) in [6.45, 7) is 2.51. The van der Waals surface area contributed by atoms with Crippen LogP contribution < -0.4 is 10.5 Å². The van der Waals surface area contributed by atoms with Crippen LogP contribution in [0.5, 0.6) is 5.75 Å². The van der Waals surface area contributed by atoms with E-state index in [2.05, 4.69) is 24.2 Å². The Morgan fingerprint density at radius 3 is 2.64 bits per heavy atom. The van der Waals surface area contributed by atoms with Crippen LogP contribution in [0, 0.1) is 6.92 Å². The monoisotopic (exact) mass is 296 g/mol. The first-order chi connectivity index (χ1) is 10.7. The number of nitrogens with zero attached hydrogens (tertiary/aromatic N) is 1. The van der Waals surface area contributed by atoms with E-state index >= 15 is 0 Å². The van der Waals surface area contributed by atoms with E-state index in [9.17, 15) is 0 Å². The number of aryl methyl sites for hydroxylation is 2. The molecular formula is C18H20N2O2. The number of benzene rings is 2. The molecule has 3 rings (SSSR count). The Morgan fingerprint density at radius 2 is 1.91 bits per heavy atom. The molecule has 0 radical (unpaired) electrons. The van der Waals surface area contributed by atoms with E-state index in [1.54, 1.807) is 7.11 Å². The van der Waals surface area contributed by atoms with E-state index < -0.39 is 0 Å². The van der Waals surface area contributed by atoms with Gasteiger partial charge in [0.2, 0.25) is 0 Å². The van der Waals surface area contributed by atoms with Crippen molar-refractivity contribution in [3.63, 3.8) is 0 Å². The molecule has 0 unspecified atom stereocenters. The maximum atomic E-state index is 5.67. The van der Waals surface area contributed by atoms with Gasteiger partial charge in [-0.05, 0) is 54.7 Å². The lowest BCUT2D eigenvalue weighted by Gasteiger charge is -2.08. The number of hydrogen-bond acceptors (Lipinski definition) is 4. The van der Waals surface area contributed by atoms with Gasteiger partial charge in [0.25, 0.3) is 0 Å². The zero-order valence-corrected chi connectivity index (χ0v) is 12.9. The van der Waals surface area contributed by atoms with E-state index in [1.165, 1.54) is 5.56 Å². The van der Waals surface area contributed by atoms with Gasteiger partial charge in [-0.2, -0.15) is 0 Å². The number of nitrogen functional groups attached to an aromatic ring is 1. The van der Waals surface area contributed by atoms with Crippen molar-refractivity contribution in [2.75, 3.05) is 12.8 Å². The van der Waals surface area contributed by atoms with Crippen molar-refractivity contribution in [1.29, 1.82) is 0 Å². The average Bonchev–Trinajstić information content (AvgIpc) is 2.90. The van der Waals surface area contributed by atoms with E-state index in [-0.39, 0.29) is 0 Å². The van der Waals surface area contributed by atoms with E-state index in [0.29, 0.717) is 6.61 Å². The molecule has 0 fully saturated rings. The SMILES string of the molecule is COc1cc2c(cc1C)CC/C2=N\OCc1ccc(N)cc1. The van der Waals surface area contributed by atoms with Crippen LogP contribution in [0.4, 0.5) is 5.69 Å². The number of hydrogen-bond donors (Lipinski definition) is 1. The van der Waals surface area contributed by atoms with Crippen molar-refractivity contribution in [3.8, 4) is 5.75 Å². The standard InChI is InChI=1S/C18H20N2O2/c1-12-9-14-5-8-17(16(14)10-18(12)21-2)20-22-11-13-3-6-15(19)7-4-13/h3-4,6-7,9-10H,5,8,11,19H2,1-2H3/b20-17+. The molecule has 2 aromatic rings. The number of nitrogens with two attached hydrogens (primary N) is 1. The molecule has 0 aromatic heterocycles. The molecule has 2 N–H and O–H groups in total. The normalized spacial score (nSPS) is 14.9. The molecule has 1 aliphatic carbocycles. The summed E-state index contributed by atoms with van der Waals surface area (Å²) in [4.78, 5) is 5.51. The van der Waals surface area contributed by atoms with Crippen LogP contribution in [0.3, 0.4) is 0 Å². The molecule has 0 aliphatic heterocycles. The van der Waals surface area contributed by atoms with Gasteiger partial charge in [-0.15, -0.1) is 0 Å². The van der Waals surface area contributed by atoms with Gasteiger partial charge in [0, 0.05) is 11.3 Å². The number of rotatable bonds is 4. The van der Waals surface area contributed by atoms with Crippen molar-refractivity contribution < 1.29 is 9.57 Å².